The highest BCUT2D eigenvalue weighted by Crippen LogP contribution is 2.28. The molecule has 0 aromatic carbocycles. The summed E-state index contributed by atoms with van der Waals surface area (Å²) in [6.07, 6.45) is 1.57. The van der Waals surface area contributed by atoms with E-state index < -0.39 is 5.41 Å². The molecule has 0 atom stereocenters. The van der Waals surface area contributed by atoms with Gasteiger partial charge in [0.1, 0.15) is 0 Å². The molecule has 1 aromatic heterocycles. The number of carbonyl (C=O) groups excluding carboxylic acids is 1. The zero-order valence-corrected chi connectivity index (χ0v) is 13.3. The van der Waals surface area contributed by atoms with E-state index in [0.717, 1.165) is 12.8 Å². The van der Waals surface area contributed by atoms with Crippen molar-refractivity contribution in [1.82, 2.24) is 5.32 Å². The monoisotopic (exact) mass is 282 g/mol. The van der Waals surface area contributed by atoms with Gasteiger partial charge < -0.3 is 11.1 Å². The van der Waals surface area contributed by atoms with Crippen molar-refractivity contribution in [2.24, 2.45) is 11.1 Å². The summed E-state index contributed by atoms with van der Waals surface area (Å²) in [5.74, 6) is 0.0876. The van der Waals surface area contributed by atoms with Crippen LogP contribution >= 0.6 is 11.3 Å². The molecule has 0 fully saturated rings. The molecule has 0 unspecified atom stereocenters. The Morgan fingerprint density at radius 1 is 1.37 bits per heavy atom. The zero-order valence-electron chi connectivity index (χ0n) is 12.5. The molecular formula is C15H26N2OS. The molecule has 0 saturated heterocycles. The number of nitrogens with two attached hydrogens (primary N) is 1. The molecule has 0 radical (unpaired) electrons. The first-order valence-electron chi connectivity index (χ1n) is 6.94. The van der Waals surface area contributed by atoms with E-state index in [1.807, 2.05) is 19.9 Å². The number of hydrogen-bond donors (Lipinski definition) is 2. The van der Waals surface area contributed by atoms with E-state index in [4.69, 9.17) is 5.73 Å². The number of nitrogens with one attached hydrogen (secondary N) is 1. The molecule has 4 heteroatoms. The van der Waals surface area contributed by atoms with Crippen LogP contribution < -0.4 is 11.1 Å². The molecule has 3 nitrogen and oxygen atoms in total. The summed E-state index contributed by atoms with van der Waals surface area (Å²) < 4.78 is 0. The fraction of sp³-hybridized carbons (Fsp3) is 0.667. The van der Waals surface area contributed by atoms with Gasteiger partial charge in [-0.3, -0.25) is 4.79 Å². The fourth-order valence-corrected chi connectivity index (χ4v) is 3.04. The van der Waals surface area contributed by atoms with Gasteiger partial charge in [0, 0.05) is 23.4 Å². The molecular weight excluding hydrogens is 256 g/mol. The first-order valence-corrected chi connectivity index (χ1v) is 7.82. The maximum absolute atomic E-state index is 12.4. The predicted octanol–water partition coefficient (Wildman–Crippen LogP) is 2.91. The minimum Gasteiger partial charge on any atom is -0.355 e. The molecule has 108 valence electrons. The normalized spacial score (nSPS) is 12.5. The van der Waals surface area contributed by atoms with Crippen molar-refractivity contribution in [2.75, 3.05) is 13.1 Å². The molecule has 0 saturated carbocycles. The fourth-order valence-electron chi connectivity index (χ4n) is 2.19. The third kappa shape index (κ3) is 3.57. The highest BCUT2D eigenvalue weighted by atomic mass is 32.1. The van der Waals surface area contributed by atoms with Gasteiger partial charge in [0.25, 0.3) is 0 Å². The Morgan fingerprint density at radius 3 is 2.42 bits per heavy atom. The number of rotatable bonds is 7. The van der Waals surface area contributed by atoms with Crippen LogP contribution in [0.3, 0.4) is 0 Å². The van der Waals surface area contributed by atoms with Crippen molar-refractivity contribution in [3.05, 3.63) is 22.4 Å². The van der Waals surface area contributed by atoms with E-state index in [1.165, 1.54) is 4.88 Å². The van der Waals surface area contributed by atoms with Crippen LogP contribution in [0.5, 0.6) is 0 Å². The Hall–Kier alpha value is -0.870. The predicted molar refractivity (Wildman–Crippen MR) is 82.4 cm³/mol. The smallest absolute Gasteiger partial charge is 0.227 e. The van der Waals surface area contributed by atoms with Crippen LogP contribution in [0.1, 0.15) is 45.4 Å². The molecule has 0 aliphatic carbocycles. The molecule has 0 aliphatic heterocycles. The topological polar surface area (TPSA) is 55.1 Å². The molecule has 3 N–H and O–H groups in total. The summed E-state index contributed by atoms with van der Waals surface area (Å²) in [4.78, 5) is 13.7. The van der Waals surface area contributed by atoms with Crippen LogP contribution in [0, 0.1) is 5.41 Å². The summed E-state index contributed by atoms with van der Waals surface area (Å²) in [5, 5.41) is 5.16. The second kappa shape index (κ2) is 6.53. The third-order valence-corrected chi connectivity index (χ3v) is 5.34. The summed E-state index contributed by atoms with van der Waals surface area (Å²) in [6, 6.07) is 4.17. The van der Waals surface area contributed by atoms with Gasteiger partial charge >= 0.3 is 0 Å². The number of amides is 1. The minimum absolute atomic E-state index is 0.0361. The first-order chi connectivity index (χ1) is 8.91. The summed E-state index contributed by atoms with van der Waals surface area (Å²) in [6.45, 7) is 9.42. The Balaban J connectivity index is 2.68. The van der Waals surface area contributed by atoms with Crippen molar-refractivity contribution in [3.63, 3.8) is 0 Å². The Bertz CT molecular complexity index is 386. The van der Waals surface area contributed by atoms with Crippen LogP contribution in [0.2, 0.25) is 0 Å². The van der Waals surface area contributed by atoms with Gasteiger partial charge in [-0.15, -0.1) is 11.3 Å². The van der Waals surface area contributed by atoms with Gasteiger partial charge in [0.05, 0.1) is 5.41 Å². The Morgan fingerprint density at radius 2 is 2.00 bits per heavy atom. The highest BCUT2D eigenvalue weighted by Gasteiger charge is 2.34. The van der Waals surface area contributed by atoms with E-state index in [9.17, 15) is 4.79 Å². The van der Waals surface area contributed by atoms with E-state index in [-0.39, 0.29) is 11.3 Å². The number of carbonyl (C=O) groups is 1. The molecule has 0 aliphatic rings. The summed E-state index contributed by atoms with van der Waals surface area (Å²) in [7, 11) is 0. The molecule has 19 heavy (non-hydrogen) atoms. The third-order valence-electron chi connectivity index (χ3n) is 4.11. The zero-order chi connectivity index (χ0) is 14.5. The standard InChI is InChI=1S/C15H26N2OS/c1-5-15(6-2,10-16)13(18)17-11-14(3,4)12-8-7-9-19-12/h7-9H,5-6,10-11,16H2,1-4H3,(H,17,18). The van der Waals surface area contributed by atoms with Crippen molar-refractivity contribution < 1.29 is 4.79 Å². The summed E-state index contributed by atoms with van der Waals surface area (Å²) in [5.41, 5.74) is 5.36. The highest BCUT2D eigenvalue weighted by molar-refractivity contribution is 7.10. The van der Waals surface area contributed by atoms with Crippen LogP contribution in [0.25, 0.3) is 0 Å². The largest absolute Gasteiger partial charge is 0.355 e. The quantitative estimate of drug-likeness (QED) is 0.808. The van der Waals surface area contributed by atoms with Gasteiger partial charge in [-0.2, -0.15) is 0 Å². The van der Waals surface area contributed by atoms with Gasteiger partial charge in [-0.05, 0) is 24.3 Å². The average Bonchev–Trinajstić information content (AvgIpc) is 2.94. The molecule has 0 spiro atoms. The number of hydrogen-bond acceptors (Lipinski definition) is 3. The molecule has 1 aromatic rings. The van der Waals surface area contributed by atoms with E-state index in [1.54, 1.807) is 11.3 Å². The lowest BCUT2D eigenvalue weighted by Crippen LogP contribution is -2.48. The van der Waals surface area contributed by atoms with Crippen molar-refractivity contribution in [1.29, 1.82) is 0 Å². The van der Waals surface area contributed by atoms with Crippen LogP contribution in [-0.2, 0) is 10.2 Å². The molecule has 0 bridgehead atoms. The Labute approximate surface area is 120 Å². The first kappa shape index (κ1) is 16.2. The van der Waals surface area contributed by atoms with Crippen LogP contribution in [0.15, 0.2) is 17.5 Å². The lowest BCUT2D eigenvalue weighted by atomic mass is 9.81. The lowest BCUT2D eigenvalue weighted by Gasteiger charge is -2.31. The average molecular weight is 282 g/mol. The van der Waals surface area contributed by atoms with Crippen molar-refractivity contribution in [2.45, 2.75) is 46.0 Å². The lowest BCUT2D eigenvalue weighted by molar-refractivity contribution is -0.131. The van der Waals surface area contributed by atoms with Crippen LogP contribution in [-0.4, -0.2) is 19.0 Å². The van der Waals surface area contributed by atoms with Gasteiger partial charge in [0.15, 0.2) is 0 Å². The minimum atomic E-state index is -0.411. The maximum atomic E-state index is 12.4. The molecule has 1 amide bonds. The van der Waals surface area contributed by atoms with Gasteiger partial charge in [-0.25, -0.2) is 0 Å². The van der Waals surface area contributed by atoms with Gasteiger partial charge in [0.2, 0.25) is 5.91 Å². The molecule has 1 rings (SSSR count). The summed E-state index contributed by atoms with van der Waals surface area (Å²) >= 11 is 1.73. The number of thiophene rings is 1. The molecule has 1 heterocycles. The van der Waals surface area contributed by atoms with Crippen molar-refractivity contribution in [3.8, 4) is 0 Å². The van der Waals surface area contributed by atoms with Crippen LogP contribution in [0.4, 0.5) is 0 Å². The second-order valence-corrected chi connectivity index (χ2v) is 6.68. The SMILES string of the molecule is CCC(CC)(CN)C(=O)NCC(C)(C)c1cccs1. The van der Waals surface area contributed by atoms with Crippen molar-refractivity contribution >= 4 is 17.2 Å². The van der Waals surface area contributed by atoms with Gasteiger partial charge in [-0.1, -0.05) is 33.8 Å². The van der Waals surface area contributed by atoms with E-state index >= 15 is 0 Å². The Kier molecular flexibility index (Phi) is 5.56. The van der Waals surface area contributed by atoms with E-state index in [2.05, 4.69) is 30.6 Å². The second-order valence-electron chi connectivity index (χ2n) is 5.74. The van der Waals surface area contributed by atoms with E-state index in [0.29, 0.717) is 13.1 Å². The maximum Gasteiger partial charge on any atom is 0.227 e.